The molecule has 4 heteroatoms. The highest BCUT2D eigenvalue weighted by atomic mass is 16.3. The van der Waals surface area contributed by atoms with Crippen molar-refractivity contribution in [1.29, 1.82) is 0 Å². The number of carbonyl (C=O) groups is 1. The van der Waals surface area contributed by atoms with E-state index in [1.54, 1.807) is 18.4 Å². The topological polar surface area (TPSA) is 45.5 Å². The zero-order valence-corrected chi connectivity index (χ0v) is 12.4. The molecule has 1 aromatic heterocycles. The Morgan fingerprint density at radius 2 is 2.14 bits per heavy atom. The van der Waals surface area contributed by atoms with Gasteiger partial charge in [0.15, 0.2) is 0 Å². The summed E-state index contributed by atoms with van der Waals surface area (Å²) in [4.78, 5) is 14.3. The normalized spacial score (nSPS) is 18.0. The Morgan fingerprint density at radius 3 is 2.91 bits per heavy atom. The van der Waals surface area contributed by atoms with Crippen molar-refractivity contribution < 1.29 is 9.21 Å². The monoisotopic (exact) mass is 296 g/mol. The highest BCUT2D eigenvalue weighted by Gasteiger charge is 2.24. The molecule has 0 spiro atoms. The van der Waals surface area contributed by atoms with E-state index < -0.39 is 0 Å². The van der Waals surface area contributed by atoms with Gasteiger partial charge in [0, 0.05) is 30.9 Å². The van der Waals surface area contributed by atoms with Gasteiger partial charge in [-0.25, -0.2) is 0 Å². The second-order valence-corrected chi connectivity index (χ2v) is 5.42. The van der Waals surface area contributed by atoms with E-state index in [4.69, 9.17) is 4.42 Å². The van der Waals surface area contributed by atoms with Gasteiger partial charge in [-0.05, 0) is 43.2 Å². The molecular weight excluding hydrogens is 276 g/mol. The minimum atomic E-state index is -0.0867. The molecule has 3 rings (SSSR count). The van der Waals surface area contributed by atoms with E-state index in [1.807, 2.05) is 12.1 Å². The summed E-state index contributed by atoms with van der Waals surface area (Å²) in [5.74, 6) is 0.596. The summed E-state index contributed by atoms with van der Waals surface area (Å²) in [6, 6.07) is 14.4. The van der Waals surface area contributed by atoms with E-state index in [0.29, 0.717) is 18.3 Å². The van der Waals surface area contributed by atoms with E-state index in [-0.39, 0.29) is 5.91 Å². The van der Waals surface area contributed by atoms with Crippen molar-refractivity contribution in [2.45, 2.75) is 18.9 Å². The molecule has 2 heterocycles. The van der Waals surface area contributed by atoms with Crippen molar-refractivity contribution in [3.8, 4) is 0 Å². The molecule has 0 radical (unpaired) electrons. The van der Waals surface area contributed by atoms with Crippen LogP contribution < -0.4 is 10.2 Å². The Balaban J connectivity index is 1.53. The summed E-state index contributed by atoms with van der Waals surface area (Å²) >= 11 is 0. The lowest BCUT2D eigenvalue weighted by molar-refractivity contribution is -0.116. The largest absolute Gasteiger partial charge is 0.465 e. The SMILES string of the molecule is O=C(/C=C/c1ccco1)NCC1CCCN1c1ccccc1. The van der Waals surface area contributed by atoms with Gasteiger partial charge in [-0.3, -0.25) is 4.79 Å². The van der Waals surface area contributed by atoms with Crippen LogP contribution in [-0.4, -0.2) is 25.0 Å². The summed E-state index contributed by atoms with van der Waals surface area (Å²) in [5, 5.41) is 2.98. The summed E-state index contributed by atoms with van der Waals surface area (Å²) < 4.78 is 5.16. The average molecular weight is 296 g/mol. The van der Waals surface area contributed by atoms with Crippen LogP contribution in [0.25, 0.3) is 6.08 Å². The maximum Gasteiger partial charge on any atom is 0.244 e. The van der Waals surface area contributed by atoms with E-state index in [1.165, 1.54) is 11.8 Å². The lowest BCUT2D eigenvalue weighted by Crippen LogP contribution is -2.39. The Kier molecular flexibility index (Phi) is 4.59. The molecule has 0 aliphatic carbocycles. The van der Waals surface area contributed by atoms with Crippen molar-refractivity contribution in [3.05, 3.63) is 60.6 Å². The minimum absolute atomic E-state index is 0.0867. The highest BCUT2D eigenvalue weighted by Crippen LogP contribution is 2.24. The molecule has 1 aliphatic rings. The van der Waals surface area contributed by atoms with Crippen LogP contribution in [0.15, 0.2) is 59.2 Å². The number of nitrogens with zero attached hydrogens (tertiary/aromatic N) is 1. The number of hydrogen-bond acceptors (Lipinski definition) is 3. The number of nitrogens with one attached hydrogen (secondary N) is 1. The van der Waals surface area contributed by atoms with E-state index in [9.17, 15) is 4.79 Å². The number of benzene rings is 1. The van der Waals surface area contributed by atoms with Gasteiger partial charge in [0.1, 0.15) is 5.76 Å². The van der Waals surface area contributed by atoms with E-state index in [0.717, 1.165) is 19.4 Å². The third-order valence-corrected chi connectivity index (χ3v) is 3.92. The van der Waals surface area contributed by atoms with Crippen LogP contribution in [0.1, 0.15) is 18.6 Å². The number of amides is 1. The molecular formula is C18H20N2O2. The molecule has 1 aromatic carbocycles. The molecule has 114 valence electrons. The first-order valence-electron chi connectivity index (χ1n) is 7.64. The molecule has 1 unspecified atom stereocenters. The summed E-state index contributed by atoms with van der Waals surface area (Å²) in [5.41, 5.74) is 1.23. The lowest BCUT2D eigenvalue weighted by Gasteiger charge is -2.26. The third kappa shape index (κ3) is 3.58. The van der Waals surface area contributed by atoms with Crippen LogP contribution in [0, 0.1) is 0 Å². The number of furan rings is 1. The van der Waals surface area contributed by atoms with Crippen LogP contribution >= 0.6 is 0 Å². The number of rotatable bonds is 5. The summed E-state index contributed by atoms with van der Waals surface area (Å²) in [7, 11) is 0. The number of para-hydroxylation sites is 1. The summed E-state index contributed by atoms with van der Waals surface area (Å²) in [6.45, 7) is 1.71. The van der Waals surface area contributed by atoms with Gasteiger partial charge in [-0.2, -0.15) is 0 Å². The zero-order chi connectivity index (χ0) is 15.2. The van der Waals surface area contributed by atoms with Crippen molar-refractivity contribution in [1.82, 2.24) is 5.32 Å². The Labute approximate surface area is 130 Å². The van der Waals surface area contributed by atoms with E-state index in [2.05, 4.69) is 34.5 Å². The fourth-order valence-electron chi connectivity index (χ4n) is 2.83. The number of anilines is 1. The Bertz CT molecular complexity index is 620. The summed E-state index contributed by atoms with van der Waals surface area (Å²) in [6.07, 6.45) is 7.06. The highest BCUT2D eigenvalue weighted by molar-refractivity contribution is 5.91. The standard InChI is InChI=1S/C18H20N2O2/c21-18(11-10-17-9-5-13-22-17)19-14-16-8-4-12-20(16)15-6-2-1-3-7-15/h1-3,5-7,9-11,13,16H,4,8,12,14H2,(H,19,21)/b11-10+. The van der Waals surface area contributed by atoms with Gasteiger partial charge >= 0.3 is 0 Å². The molecule has 1 N–H and O–H groups in total. The molecule has 1 saturated heterocycles. The Morgan fingerprint density at radius 1 is 1.27 bits per heavy atom. The molecule has 1 amide bonds. The van der Waals surface area contributed by atoms with Crippen LogP contribution in [0.3, 0.4) is 0 Å². The van der Waals surface area contributed by atoms with Crippen LogP contribution in [0.2, 0.25) is 0 Å². The molecule has 4 nitrogen and oxygen atoms in total. The maximum atomic E-state index is 11.9. The Hall–Kier alpha value is -2.49. The average Bonchev–Trinajstić information content (AvgIpc) is 3.23. The first-order valence-corrected chi connectivity index (χ1v) is 7.64. The number of hydrogen-bond donors (Lipinski definition) is 1. The fraction of sp³-hybridized carbons (Fsp3) is 0.278. The van der Waals surface area contributed by atoms with Crippen molar-refractivity contribution in [3.63, 3.8) is 0 Å². The first kappa shape index (κ1) is 14.4. The zero-order valence-electron chi connectivity index (χ0n) is 12.4. The van der Waals surface area contributed by atoms with Gasteiger partial charge < -0.3 is 14.6 Å². The second-order valence-electron chi connectivity index (χ2n) is 5.42. The van der Waals surface area contributed by atoms with Crippen molar-refractivity contribution in [2.24, 2.45) is 0 Å². The smallest absolute Gasteiger partial charge is 0.244 e. The van der Waals surface area contributed by atoms with Crippen LogP contribution in [0.4, 0.5) is 5.69 Å². The van der Waals surface area contributed by atoms with Gasteiger partial charge in [0.05, 0.1) is 6.26 Å². The predicted octanol–water partition coefficient (Wildman–Crippen LogP) is 3.08. The molecule has 0 saturated carbocycles. The molecule has 1 atom stereocenters. The maximum absolute atomic E-state index is 11.9. The molecule has 0 bridgehead atoms. The fourth-order valence-corrected chi connectivity index (χ4v) is 2.83. The van der Waals surface area contributed by atoms with Crippen LogP contribution in [0.5, 0.6) is 0 Å². The van der Waals surface area contributed by atoms with Gasteiger partial charge in [0.2, 0.25) is 5.91 Å². The molecule has 2 aromatic rings. The predicted molar refractivity (Wildman–Crippen MR) is 87.6 cm³/mol. The lowest BCUT2D eigenvalue weighted by atomic mass is 10.2. The van der Waals surface area contributed by atoms with E-state index >= 15 is 0 Å². The third-order valence-electron chi connectivity index (χ3n) is 3.92. The quantitative estimate of drug-likeness (QED) is 0.862. The number of carbonyl (C=O) groups excluding carboxylic acids is 1. The second kappa shape index (κ2) is 6.98. The molecule has 22 heavy (non-hydrogen) atoms. The van der Waals surface area contributed by atoms with Crippen molar-refractivity contribution >= 4 is 17.7 Å². The first-order chi connectivity index (χ1) is 10.8. The van der Waals surface area contributed by atoms with Crippen molar-refractivity contribution in [2.75, 3.05) is 18.0 Å². The van der Waals surface area contributed by atoms with Gasteiger partial charge in [-0.1, -0.05) is 18.2 Å². The minimum Gasteiger partial charge on any atom is -0.465 e. The molecule has 1 fully saturated rings. The van der Waals surface area contributed by atoms with Crippen LogP contribution in [-0.2, 0) is 4.79 Å². The molecule has 1 aliphatic heterocycles. The van der Waals surface area contributed by atoms with Gasteiger partial charge in [0.25, 0.3) is 0 Å². The van der Waals surface area contributed by atoms with Gasteiger partial charge in [-0.15, -0.1) is 0 Å².